The Morgan fingerprint density at radius 1 is 1.30 bits per heavy atom. The summed E-state index contributed by atoms with van der Waals surface area (Å²) >= 11 is 5.44. The van der Waals surface area contributed by atoms with Crippen LogP contribution in [0.4, 0.5) is 11.8 Å². The lowest BCUT2D eigenvalue weighted by molar-refractivity contribution is 1.19. The Balaban J connectivity index is 0.000000810. The summed E-state index contributed by atoms with van der Waals surface area (Å²) < 4.78 is 0. The molecule has 0 saturated carbocycles. The van der Waals surface area contributed by atoms with Crippen molar-refractivity contribution in [3.8, 4) is 0 Å². The van der Waals surface area contributed by atoms with E-state index in [1.54, 1.807) is 0 Å². The first-order valence-electron chi connectivity index (χ1n) is 2.24. The third kappa shape index (κ3) is 2.04. The minimum Gasteiger partial charge on any atom is -0.383 e. The number of halogens is 1. The number of hydrogen-bond acceptors (Lipinski definition) is 4. The SMILES string of the molecule is Nc1cc(Cl)nc(N)n1.[N]. The maximum atomic E-state index is 5.44. The minimum absolute atomic E-state index is 0. The van der Waals surface area contributed by atoms with E-state index in [-0.39, 0.29) is 23.1 Å². The first-order valence-corrected chi connectivity index (χ1v) is 2.62. The van der Waals surface area contributed by atoms with Crippen molar-refractivity contribution in [2.24, 2.45) is 0 Å². The summed E-state index contributed by atoms with van der Waals surface area (Å²) in [7, 11) is 0. The van der Waals surface area contributed by atoms with Crippen molar-refractivity contribution in [3.63, 3.8) is 0 Å². The highest BCUT2D eigenvalue weighted by Gasteiger charge is 1.93. The third-order valence-corrected chi connectivity index (χ3v) is 0.926. The molecule has 1 aromatic rings. The van der Waals surface area contributed by atoms with Crippen LogP contribution in [0.2, 0.25) is 5.15 Å². The Morgan fingerprint density at radius 3 is 2.30 bits per heavy atom. The molecule has 0 unspecified atom stereocenters. The van der Waals surface area contributed by atoms with E-state index >= 15 is 0 Å². The number of anilines is 2. The number of nitrogen functional groups attached to an aromatic ring is 2. The van der Waals surface area contributed by atoms with Crippen molar-refractivity contribution in [2.75, 3.05) is 11.5 Å². The summed E-state index contributed by atoms with van der Waals surface area (Å²) in [6.45, 7) is 0. The topological polar surface area (TPSA) is 108 Å². The summed E-state index contributed by atoms with van der Waals surface area (Å²) in [4.78, 5) is 7.18. The number of nitrogens with two attached hydrogens (primary N) is 2. The molecule has 0 aliphatic carbocycles. The molecule has 0 fully saturated rings. The van der Waals surface area contributed by atoms with E-state index in [0.29, 0.717) is 0 Å². The Kier molecular flexibility index (Phi) is 2.85. The molecule has 1 aromatic heterocycles. The lowest BCUT2D eigenvalue weighted by Gasteiger charge is -1.93. The zero-order valence-corrected chi connectivity index (χ0v) is 5.71. The van der Waals surface area contributed by atoms with Crippen LogP contribution in [0, 0.1) is 0 Å². The van der Waals surface area contributed by atoms with Crippen LogP contribution in [-0.4, -0.2) is 9.97 Å². The van der Waals surface area contributed by atoms with Crippen LogP contribution in [-0.2, 0) is 0 Å². The zero-order chi connectivity index (χ0) is 6.85. The van der Waals surface area contributed by atoms with Gasteiger partial charge >= 0.3 is 0 Å². The normalized spacial score (nSPS) is 8.50. The lowest BCUT2D eigenvalue weighted by atomic mass is 10.6. The molecule has 1 heterocycles. The highest BCUT2D eigenvalue weighted by molar-refractivity contribution is 6.29. The molecule has 0 saturated heterocycles. The van der Waals surface area contributed by atoms with Crippen molar-refractivity contribution < 1.29 is 0 Å². The van der Waals surface area contributed by atoms with Crippen molar-refractivity contribution in [1.29, 1.82) is 0 Å². The predicted octanol–water partition coefficient (Wildman–Crippen LogP) is -0.186. The van der Waals surface area contributed by atoms with Gasteiger partial charge in [-0.1, -0.05) is 11.6 Å². The second-order valence-electron chi connectivity index (χ2n) is 1.47. The van der Waals surface area contributed by atoms with Crippen molar-refractivity contribution in [3.05, 3.63) is 11.2 Å². The van der Waals surface area contributed by atoms with E-state index in [0.717, 1.165) is 0 Å². The second kappa shape index (κ2) is 3.19. The van der Waals surface area contributed by atoms with E-state index < -0.39 is 0 Å². The molecule has 0 aromatic carbocycles. The van der Waals surface area contributed by atoms with Crippen LogP contribution in [0.15, 0.2) is 6.07 Å². The van der Waals surface area contributed by atoms with Gasteiger partial charge in [0.25, 0.3) is 0 Å². The quantitative estimate of drug-likeness (QED) is 0.510. The average Bonchev–Trinajstić information content (AvgIpc) is 1.59. The number of aromatic nitrogens is 2. The Hall–Kier alpha value is -1.07. The van der Waals surface area contributed by atoms with Gasteiger partial charge < -0.3 is 11.5 Å². The monoisotopic (exact) mass is 158 g/mol. The van der Waals surface area contributed by atoms with Crippen LogP contribution >= 0.6 is 11.6 Å². The van der Waals surface area contributed by atoms with Gasteiger partial charge in [0, 0.05) is 12.2 Å². The molecule has 1 rings (SSSR count). The van der Waals surface area contributed by atoms with E-state index in [1.807, 2.05) is 0 Å². The fourth-order valence-electron chi connectivity index (χ4n) is 0.453. The van der Waals surface area contributed by atoms with Gasteiger partial charge in [-0.25, -0.2) is 4.98 Å². The maximum Gasteiger partial charge on any atom is 0.223 e. The van der Waals surface area contributed by atoms with Crippen LogP contribution in [0.5, 0.6) is 0 Å². The molecule has 0 aliphatic heterocycles. The summed E-state index contributed by atoms with van der Waals surface area (Å²) in [5.74, 6) is 0.382. The van der Waals surface area contributed by atoms with Gasteiger partial charge in [0.1, 0.15) is 11.0 Å². The minimum atomic E-state index is 0. The third-order valence-electron chi connectivity index (χ3n) is 0.732. The van der Waals surface area contributed by atoms with Gasteiger partial charge in [0.15, 0.2) is 0 Å². The van der Waals surface area contributed by atoms with Crippen molar-refractivity contribution >= 4 is 23.4 Å². The number of nitrogens with zero attached hydrogens (tertiary/aromatic N) is 3. The molecule has 0 spiro atoms. The Morgan fingerprint density at radius 2 is 1.90 bits per heavy atom. The molecule has 10 heavy (non-hydrogen) atoms. The zero-order valence-electron chi connectivity index (χ0n) is 4.95. The van der Waals surface area contributed by atoms with Crippen LogP contribution in [0.1, 0.15) is 0 Å². The Labute approximate surface area is 63.0 Å². The maximum absolute atomic E-state index is 5.44. The number of rotatable bonds is 0. The van der Waals surface area contributed by atoms with Gasteiger partial charge in [-0.2, -0.15) is 4.98 Å². The molecule has 0 amide bonds. The Bertz CT molecular complexity index is 174. The van der Waals surface area contributed by atoms with E-state index in [1.165, 1.54) is 6.07 Å². The van der Waals surface area contributed by atoms with Gasteiger partial charge in [0.05, 0.1) is 0 Å². The van der Waals surface area contributed by atoms with Crippen LogP contribution in [0.3, 0.4) is 0 Å². The van der Waals surface area contributed by atoms with Crippen LogP contribution in [0.25, 0.3) is 0 Å². The molecule has 3 radical (unpaired) electrons. The molecule has 4 N–H and O–H groups in total. The first-order chi connectivity index (χ1) is 4.18. The molecular formula is C4H5ClN5. The standard InChI is InChI=1S/C4H5ClN4.N/c5-2-1-3(6)9-4(7)8-2;/h1H,(H4,6,7,8,9);. The fourth-order valence-corrected chi connectivity index (χ4v) is 0.652. The molecule has 5 nitrogen and oxygen atoms in total. The number of hydrogen-bond donors (Lipinski definition) is 2. The summed E-state index contributed by atoms with van der Waals surface area (Å²) in [5, 5.41) is 0.264. The van der Waals surface area contributed by atoms with Gasteiger partial charge in [-0.3, -0.25) is 0 Å². The summed E-state index contributed by atoms with van der Waals surface area (Å²) in [6.07, 6.45) is 0. The van der Waals surface area contributed by atoms with E-state index in [2.05, 4.69) is 9.97 Å². The van der Waals surface area contributed by atoms with Gasteiger partial charge in [-0.05, 0) is 0 Å². The van der Waals surface area contributed by atoms with Gasteiger partial charge in [-0.15, -0.1) is 0 Å². The van der Waals surface area contributed by atoms with Crippen molar-refractivity contribution in [2.45, 2.75) is 0 Å². The van der Waals surface area contributed by atoms with Gasteiger partial charge in [0.2, 0.25) is 5.95 Å². The van der Waals surface area contributed by atoms with Crippen LogP contribution < -0.4 is 17.6 Å². The predicted molar refractivity (Wildman–Crippen MR) is 38.0 cm³/mol. The average molecular weight is 159 g/mol. The molecule has 53 valence electrons. The molecule has 6 heteroatoms. The molecule has 0 bridgehead atoms. The highest BCUT2D eigenvalue weighted by atomic mass is 35.5. The largest absolute Gasteiger partial charge is 0.383 e. The van der Waals surface area contributed by atoms with E-state index in [9.17, 15) is 0 Å². The fraction of sp³-hybridized carbons (Fsp3) is 0. The molecule has 0 atom stereocenters. The van der Waals surface area contributed by atoms with Crippen molar-refractivity contribution in [1.82, 2.24) is 16.1 Å². The molecule has 0 aliphatic rings. The second-order valence-corrected chi connectivity index (χ2v) is 1.86. The smallest absolute Gasteiger partial charge is 0.223 e. The lowest BCUT2D eigenvalue weighted by Crippen LogP contribution is -1.98. The first kappa shape index (κ1) is 8.93. The van der Waals surface area contributed by atoms with E-state index in [4.69, 9.17) is 23.1 Å². The summed E-state index contributed by atoms with van der Waals surface area (Å²) in [5.41, 5.74) is 10.4. The highest BCUT2D eigenvalue weighted by Crippen LogP contribution is 2.08. The molecular weight excluding hydrogens is 154 g/mol. The summed E-state index contributed by atoms with van der Waals surface area (Å²) in [6, 6.07) is 1.43.